The Bertz CT molecular complexity index is 387. The molecule has 0 radical (unpaired) electrons. The third-order valence-corrected chi connectivity index (χ3v) is 3.09. The summed E-state index contributed by atoms with van der Waals surface area (Å²) in [6.45, 7) is 4.24. The van der Waals surface area contributed by atoms with Gasteiger partial charge in [-0.05, 0) is 13.8 Å². The van der Waals surface area contributed by atoms with Gasteiger partial charge in [-0.15, -0.1) is 0 Å². The Hall–Kier alpha value is -1.67. The molecule has 1 saturated heterocycles. The minimum absolute atomic E-state index is 0.0144. The summed E-state index contributed by atoms with van der Waals surface area (Å²) in [6, 6.07) is 0. The van der Waals surface area contributed by atoms with Crippen LogP contribution >= 0.6 is 0 Å². The quantitative estimate of drug-likeness (QED) is 0.421. The van der Waals surface area contributed by atoms with E-state index in [-0.39, 0.29) is 26.2 Å². The van der Waals surface area contributed by atoms with Crippen LogP contribution in [0.25, 0.3) is 0 Å². The summed E-state index contributed by atoms with van der Waals surface area (Å²) >= 11 is 0. The summed E-state index contributed by atoms with van der Waals surface area (Å²) in [5.74, 6) is -2.77. The van der Waals surface area contributed by atoms with Gasteiger partial charge >= 0.3 is 17.9 Å². The van der Waals surface area contributed by atoms with Gasteiger partial charge in [-0.25, -0.2) is 0 Å². The van der Waals surface area contributed by atoms with E-state index in [4.69, 9.17) is 18.9 Å². The lowest BCUT2D eigenvalue weighted by atomic mass is 9.77. The van der Waals surface area contributed by atoms with E-state index in [1.54, 1.807) is 13.8 Å². The molecule has 0 amide bonds. The van der Waals surface area contributed by atoms with Crippen LogP contribution in [0.5, 0.6) is 0 Å². The highest BCUT2D eigenvalue weighted by Gasteiger charge is 2.64. The van der Waals surface area contributed by atoms with Crippen LogP contribution in [-0.2, 0) is 33.3 Å². The van der Waals surface area contributed by atoms with Crippen LogP contribution in [0.4, 0.5) is 0 Å². The Morgan fingerprint density at radius 1 is 1.19 bits per heavy atom. The first kappa shape index (κ1) is 17.4. The lowest BCUT2D eigenvalue weighted by Crippen LogP contribution is -2.62. The SMILES string of the molecule is CCOC(=O)C1(C(=O)OCC)C(O)OCCC1OC(C)=O. The van der Waals surface area contributed by atoms with E-state index in [0.29, 0.717) is 0 Å². The topological polar surface area (TPSA) is 108 Å². The van der Waals surface area contributed by atoms with Gasteiger partial charge < -0.3 is 24.1 Å². The minimum atomic E-state index is -2.23. The monoisotopic (exact) mass is 304 g/mol. The van der Waals surface area contributed by atoms with Crippen LogP contribution < -0.4 is 0 Å². The summed E-state index contributed by atoms with van der Waals surface area (Å²) in [6.07, 6.45) is -2.96. The maximum atomic E-state index is 12.3. The first-order chi connectivity index (χ1) is 9.91. The van der Waals surface area contributed by atoms with Crippen molar-refractivity contribution >= 4 is 17.9 Å². The van der Waals surface area contributed by atoms with Crippen molar-refractivity contribution in [2.45, 2.75) is 39.6 Å². The normalized spacial score (nSPS) is 24.0. The number of esters is 3. The Balaban J connectivity index is 3.27. The highest BCUT2D eigenvalue weighted by atomic mass is 16.6. The van der Waals surface area contributed by atoms with Gasteiger partial charge in [-0.2, -0.15) is 0 Å². The molecule has 0 saturated carbocycles. The summed E-state index contributed by atoms with van der Waals surface area (Å²) in [4.78, 5) is 35.8. The molecular weight excluding hydrogens is 284 g/mol. The Morgan fingerprint density at radius 2 is 1.71 bits per heavy atom. The molecule has 8 nitrogen and oxygen atoms in total. The van der Waals surface area contributed by atoms with Crippen molar-refractivity contribution in [1.29, 1.82) is 0 Å². The van der Waals surface area contributed by atoms with Crippen molar-refractivity contribution in [3.05, 3.63) is 0 Å². The van der Waals surface area contributed by atoms with Crippen LogP contribution in [0.15, 0.2) is 0 Å². The molecule has 1 aliphatic heterocycles. The predicted octanol–water partition coefficient (Wildman–Crippen LogP) is -0.231. The number of carbonyl (C=O) groups is 3. The lowest BCUT2D eigenvalue weighted by molar-refractivity contribution is -0.254. The van der Waals surface area contributed by atoms with E-state index < -0.39 is 35.7 Å². The molecule has 21 heavy (non-hydrogen) atoms. The van der Waals surface area contributed by atoms with Crippen molar-refractivity contribution in [3.8, 4) is 0 Å². The van der Waals surface area contributed by atoms with Gasteiger partial charge in [0.1, 0.15) is 6.10 Å². The molecule has 0 aromatic carbocycles. The molecule has 0 bridgehead atoms. The van der Waals surface area contributed by atoms with E-state index in [2.05, 4.69) is 0 Å². The maximum absolute atomic E-state index is 12.3. The van der Waals surface area contributed by atoms with Crippen molar-refractivity contribution in [2.75, 3.05) is 19.8 Å². The van der Waals surface area contributed by atoms with E-state index in [9.17, 15) is 19.5 Å². The Morgan fingerprint density at radius 3 is 2.14 bits per heavy atom. The lowest BCUT2D eigenvalue weighted by Gasteiger charge is -2.41. The summed E-state index contributed by atoms with van der Waals surface area (Å²) < 4.78 is 19.8. The first-order valence-corrected chi connectivity index (χ1v) is 6.72. The van der Waals surface area contributed by atoms with Crippen LogP contribution in [-0.4, -0.2) is 55.2 Å². The smallest absolute Gasteiger partial charge is 0.332 e. The van der Waals surface area contributed by atoms with E-state index in [1.807, 2.05) is 0 Å². The standard InChI is InChI=1S/C13H20O8/c1-4-18-10(15)13(11(16)19-5-2)9(21-8(3)14)6-7-20-12(13)17/h9,12,17H,4-7H2,1-3H3. The number of aliphatic hydroxyl groups is 1. The van der Waals surface area contributed by atoms with E-state index in [0.717, 1.165) is 6.92 Å². The summed E-state index contributed by atoms with van der Waals surface area (Å²) in [5, 5.41) is 10.1. The second kappa shape index (κ2) is 7.37. The molecule has 0 aromatic heterocycles. The van der Waals surface area contributed by atoms with Crippen LogP contribution in [0.2, 0.25) is 0 Å². The minimum Gasteiger partial charge on any atom is -0.465 e. The Kier molecular flexibility index (Phi) is 6.10. The fraction of sp³-hybridized carbons (Fsp3) is 0.769. The van der Waals surface area contributed by atoms with Crippen LogP contribution in [0.3, 0.4) is 0 Å². The second-order valence-corrected chi connectivity index (χ2v) is 4.42. The highest BCUT2D eigenvalue weighted by molar-refractivity contribution is 6.02. The average molecular weight is 304 g/mol. The average Bonchev–Trinajstić information content (AvgIpc) is 2.39. The number of aliphatic hydroxyl groups excluding tert-OH is 1. The number of rotatable bonds is 5. The number of hydrogen-bond donors (Lipinski definition) is 1. The molecule has 0 aromatic rings. The van der Waals surface area contributed by atoms with Gasteiger partial charge in [0.2, 0.25) is 0 Å². The molecule has 1 N–H and O–H groups in total. The van der Waals surface area contributed by atoms with Crippen LogP contribution in [0.1, 0.15) is 27.2 Å². The van der Waals surface area contributed by atoms with Crippen molar-refractivity contribution < 1.29 is 38.4 Å². The van der Waals surface area contributed by atoms with Gasteiger partial charge in [0, 0.05) is 13.3 Å². The summed E-state index contributed by atoms with van der Waals surface area (Å²) in [5.41, 5.74) is -2.23. The second-order valence-electron chi connectivity index (χ2n) is 4.42. The molecule has 1 fully saturated rings. The van der Waals surface area contributed by atoms with Gasteiger partial charge in [0.25, 0.3) is 5.41 Å². The Labute approximate surface area is 122 Å². The van der Waals surface area contributed by atoms with Crippen molar-refractivity contribution in [3.63, 3.8) is 0 Å². The highest BCUT2D eigenvalue weighted by Crippen LogP contribution is 2.38. The van der Waals surface area contributed by atoms with Crippen molar-refractivity contribution in [2.24, 2.45) is 5.41 Å². The fourth-order valence-corrected chi connectivity index (χ4v) is 2.21. The molecule has 8 heteroatoms. The fourth-order valence-electron chi connectivity index (χ4n) is 2.21. The molecule has 1 heterocycles. The molecule has 0 aliphatic carbocycles. The van der Waals surface area contributed by atoms with Gasteiger partial charge in [0.05, 0.1) is 19.8 Å². The molecule has 2 atom stereocenters. The van der Waals surface area contributed by atoms with Gasteiger partial charge in [-0.3, -0.25) is 14.4 Å². The molecule has 2 unspecified atom stereocenters. The number of hydrogen-bond acceptors (Lipinski definition) is 8. The summed E-state index contributed by atoms with van der Waals surface area (Å²) in [7, 11) is 0. The first-order valence-electron chi connectivity index (χ1n) is 6.72. The largest absolute Gasteiger partial charge is 0.465 e. The molecule has 1 rings (SSSR count). The third kappa shape index (κ3) is 3.33. The van der Waals surface area contributed by atoms with Crippen molar-refractivity contribution in [1.82, 2.24) is 0 Å². The van der Waals surface area contributed by atoms with Gasteiger partial charge in [0.15, 0.2) is 6.29 Å². The third-order valence-electron chi connectivity index (χ3n) is 3.09. The zero-order chi connectivity index (χ0) is 16.0. The van der Waals surface area contributed by atoms with Crippen LogP contribution in [0, 0.1) is 5.41 Å². The molecular formula is C13H20O8. The predicted molar refractivity (Wildman–Crippen MR) is 67.8 cm³/mol. The van der Waals surface area contributed by atoms with Gasteiger partial charge in [-0.1, -0.05) is 0 Å². The number of ether oxygens (including phenoxy) is 4. The van der Waals surface area contributed by atoms with E-state index in [1.165, 1.54) is 0 Å². The zero-order valence-corrected chi connectivity index (χ0v) is 12.3. The maximum Gasteiger partial charge on any atom is 0.332 e. The zero-order valence-electron chi connectivity index (χ0n) is 12.3. The van der Waals surface area contributed by atoms with E-state index >= 15 is 0 Å². The molecule has 120 valence electrons. The number of carbonyl (C=O) groups excluding carboxylic acids is 3. The molecule has 0 spiro atoms. The molecule has 1 aliphatic rings.